The number of rotatable bonds is 4. The summed E-state index contributed by atoms with van der Waals surface area (Å²) < 4.78 is 43.0. The van der Waals surface area contributed by atoms with E-state index in [1.807, 2.05) is 0 Å². The topological polar surface area (TPSA) is 72.7 Å². The normalized spacial score (nSPS) is 12.9. The molecule has 0 saturated carbocycles. The number of methoxy groups -OCH3 is 1. The van der Waals surface area contributed by atoms with Gasteiger partial charge in [-0.3, -0.25) is 4.79 Å². The number of amides is 1. The highest BCUT2D eigenvalue weighted by atomic mass is 19.4. The first-order valence-corrected chi connectivity index (χ1v) is 6.19. The molecule has 0 fully saturated rings. The van der Waals surface area contributed by atoms with Gasteiger partial charge in [-0.15, -0.1) is 0 Å². The lowest BCUT2D eigenvalue weighted by molar-refractivity contribution is -0.175. The van der Waals surface area contributed by atoms with Gasteiger partial charge in [0.05, 0.1) is 12.8 Å². The van der Waals surface area contributed by atoms with Crippen molar-refractivity contribution in [2.24, 2.45) is 0 Å². The highest BCUT2D eigenvalue weighted by Crippen LogP contribution is 2.15. The van der Waals surface area contributed by atoms with E-state index >= 15 is 0 Å². The van der Waals surface area contributed by atoms with Gasteiger partial charge in [-0.1, -0.05) is 6.07 Å². The number of ether oxygens (including phenoxy) is 1. The van der Waals surface area contributed by atoms with Crippen molar-refractivity contribution in [1.29, 1.82) is 0 Å². The van der Waals surface area contributed by atoms with Crippen LogP contribution in [0.5, 0.6) is 0 Å². The molecule has 0 saturated heterocycles. The van der Waals surface area contributed by atoms with E-state index in [0.717, 1.165) is 7.11 Å². The van der Waals surface area contributed by atoms with Crippen LogP contribution in [0, 0.1) is 0 Å². The molecule has 0 aliphatic rings. The molecular formula is C13H12F3N3O3. The third kappa shape index (κ3) is 3.54. The number of hydrogen-bond donors (Lipinski definition) is 1. The maximum absolute atomic E-state index is 12.3. The average molecular weight is 315 g/mol. The fraction of sp³-hybridized carbons (Fsp3) is 0.308. The molecule has 22 heavy (non-hydrogen) atoms. The molecule has 0 aliphatic heterocycles. The van der Waals surface area contributed by atoms with Gasteiger partial charge in [-0.05, 0) is 12.1 Å². The zero-order chi connectivity index (χ0) is 16.3. The zero-order valence-corrected chi connectivity index (χ0v) is 11.4. The third-order valence-corrected chi connectivity index (χ3v) is 2.88. The minimum atomic E-state index is -5.08. The van der Waals surface area contributed by atoms with Gasteiger partial charge in [0.25, 0.3) is 0 Å². The van der Waals surface area contributed by atoms with E-state index in [9.17, 15) is 22.8 Å². The molecule has 2 rings (SSSR count). The van der Waals surface area contributed by atoms with Gasteiger partial charge in [-0.25, -0.2) is 9.78 Å². The standard InChI is InChI=1S/C13H12F3N3O3/c1-22-11(20)9(18-12(21)13(14,15)16)6-8-7-19-5-3-2-4-10(19)17-8/h2-5,7,9H,6H2,1H3,(H,18,21)/t9-/m1/s1. The molecule has 0 aromatic carbocycles. The van der Waals surface area contributed by atoms with Gasteiger partial charge in [0.15, 0.2) is 0 Å². The van der Waals surface area contributed by atoms with Crippen molar-refractivity contribution in [2.45, 2.75) is 18.6 Å². The number of alkyl halides is 3. The van der Waals surface area contributed by atoms with Crippen LogP contribution in [0.15, 0.2) is 30.6 Å². The second-order valence-corrected chi connectivity index (χ2v) is 4.45. The number of esters is 1. The van der Waals surface area contributed by atoms with Gasteiger partial charge >= 0.3 is 18.1 Å². The lowest BCUT2D eigenvalue weighted by atomic mass is 10.1. The molecule has 0 aliphatic carbocycles. The molecule has 2 heterocycles. The van der Waals surface area contributed by atoms with E-state index in [2.05, 4.69) is 9.72 Å². The molecule has 1 amide bonds. The van der Waals surface area contributed by atoms with E-state index in [1.54, 1.807) is 40.3 Å². The predicted octanol–water partition coefficient (Wildman–Crippen LogP) is 1.10. The van der Waals surface area contributed by atoms with Crippen molar-refractivity contribution in [3.63, 3.8) is 0 Å². The Hall–Kier alpha value is -2.58. The quantitative estimate of drug-likeness (QED) is 0.858. The van der Waals surface area contributed by atoms with E-state index < -0.39 is 24.1 Å². The molecule has 0 unspecified atom stereocenters. The molecular weight excluding hydrogens is 303 g/mol. The number of aromatic nitrogens is 2. The first-order chi connectivity index (χ1) is 10.3. The van der Waals surface area contributed by atoms with Crippen molar-refractivity contribution in [3.8, 4) is 0 Å². The summed E-state index contributed by atoms with van der Waals surface area (Å²) in [6.07, 6.45) is -2.03. The number of nitrogens with zero attached hydrogens (tertiary/aromatic N) is 2. The fourth-order valence-corrected chi connectivity index (χ4v) is 1.87. The monoisotopic (exact) mass is 315 g/mol. The maximum Gasteiger partial charge on any atom is 0.471 e. The summed E-state index contributed by atoms with van der Waals surface area (Å²) in [6.45, 7) is 0. The van der Waals surface area contributed by atoms with Crippen molar-refractivity contribution in [2.75, 3.05) is 7.11 Å². The van der Waals surface area contributed by atoms with E-state index in [-0.39, 0.29) is 6.42 Å². The second-order valence-electron chi connectivity index (χ2n) is 4.45. The molecule has 118 valence electrons. The summed E-state index contributed by atoms with van der Waals surface area (Å²) in [4.78, 5) is 26.7. The van der Waals surface area contributed by atoms with Crippen molar-refractivity contribution < 1.29 is 27.5 Å². The molecule has 6 nitrogen and oxygen atoms in total. The first kappa shape index (κ1) is 15.8. The van der Waals surface area contributed by atoms with Crippen LogP contribution in [0.3, 0.4) is 0 Å². The molecule has 0 spiro atoms. The van der Waals surface area contributed by atoms with E-state index in [4.69, 9.17) is 0 Å². The Bertz CT molecular complexity index is 663. The number of carbonyl (C=O) groups is 2. The van der Waals surface area contributed by atoms with Crippen LogP contribution < -0.4 is 5.32 Å². The number of halogens is 3. The predicted molar refractivity (Wildman–Crippen MR) is 68.9 cm³/mol. The Morgan fingerprint density at radius 1 is 1.41 bits per heavy atom. The average Bonchev–Trinajstić information content (AvgIpc) is 2.86. The lowest BCUT2D eigenvalue weighted by Crippen LogP contribution is -2.48. The summed E-state index contributed by atoms with van der Waals surface area (Å²) >= 11 is 0. The van der Waals surface area contributed by atoms with Crippen LogP contribution >= 0.6 is 0 Å². The Balaban J connectivity index is 2.19. The molecule has 9 heteroatoms. The van der Waals surface area contributed by atoms with Gasteiger partial charge in [-0.2, -0.15) is 13.2 Å². The number of nitrogens with one attached hydrogen (secondary N) is 1. The van der Waals surface area contributed by atoms with Crippen molar-refractivity contribution in [1.82, 2.24) is 14.7 Å². The minimum Gasteiger partial charge on any atom is -0.467 e. The van der Waals surface area contributed by atoms with E-state index in [0.29, 0.717) is 11.3 Å². The van der Waals surface area contributed by atoms with Gasteiger partial charge in [0, 0.05) is 18.8 Å². The van der Waals surface area contributed by atoms with Crippen LogP contribution in [0.4, 0.5) is 13.2 Å². The summed E-state index contributed by atoms with van der Waals surface area (Å²) in [5.41, 5.74) is 0.923. The molecule has 0 bridgehead atoms. The van der Waals surface area contributed by atoms with Gasteiger partial charge in [0.2, 0.25) is 0 Å². The molecule has 0 radical (unpaired) electrons. The van der Waals surface area contributed by atoms with E-state index in [1.165, 1.54) is 0 Å². The second kappa shape index (κ2) is 6.04. The highest BCUT2D eigenvalue weighted by molar-refractivity contribution is 5.87. The Kier molecular flexibility index (Phi) is 4.34. The number of pyridine rings is 1. The number of fused-ring (bicyclic) bond motifs is 1. The molecule has 2 aromatic heterocycles. The number of imidazole rings is 1. The summed E-state index contributed by atoms with van der Waals surface area (Å²) in [6, 6.07) is 3.73. The Morgan fingerprint density at radius 3 is 2.73 bits per heavy atom. The number of hydrogen-bond acceptors (Lipinski definition) is 4. The van der Waals surface area contributed by atoms with Crippen LogP contribution in [-0.2, 0) is 20.7 Å². The minimum absolute atomic E-state index is 0.212. The van der Waals surface area contributed by atoms with Crippen molar-refractivity contribution in [3.05, 3.63) is 36.3 Å². The molecule has 1 atom stereocenters. The SMILES string of the molecule is COC(=O)[C@@H](Cc1cn2ccccc2n1)NC(=O)C(F)(F)F. The highest BCUT2D eigenvalue weighted by Gasteiger charge is 2.41. The van der Waals surface area contributed by atoms with Crippen LogP contribution in [-0.4, -0.2) is 40.6 Å². The van der Waals surface area contributed by atoms with Crippen LogP contribution in [0.25, 0.3) is 5.65 Å². The summed E-state index contributed by atoms with van der Waals surface area (Å²) in [5.74, 6) is -3.18. The smallest absolute Gasteiger partial charge is 0.467 e. The Morgan fingerprint density at radius 2 is 2.14 bits per heavy atom. The van der Waals surface area contributed by atoms with Crippen molar-refractivity contribution >= 4 is 17.5 Å². The number of carbonyl (C=O) groups excluding carboxylic acids is 2. The lowest BCUT2D eigenvalue weighted by Gasteiger charge is -2.16. The molecule has 2 aromatic rings. The third-order valence-electron chi connectivity index (χ3n) is 2.88. The van der Waals surface area contributed by atoms with Gasteiger partial charge < -0.3 is 14.5 Å². The maximum atomic E-state index is 12.3. The molecule has 1 N–H and O–H groups in total. The van der Waals surface area contributed by atoms with Crippen LogP contribution in [0.1, 0.15) is 5.69 Å². The zero-order valence-electron chi connectivity index (χ0n) is 11.4. The van der Waals surface area contributed by atoms with Gasteiger partial charge in [0.1, 0.15) is 11.7 Å². The summed E-state index contributed by atoms with van der Waals surface area (Å²) in [5, 5.41) is 1.61. The Labute approximate surface area is 122 Å². The fourth-order valence-electron chi connectivity index (χ4n) is 1.87. The largest absolute Gasteiger partial charge is 0.471 e. The first-order valence-electron chi connectivity index (χ1n) is 6.19. The summed E-state index contributed by atoms with van der Waals surface area (Å²) in [7, 11) is 1.03. The van der Waals surface area contributed by atoms with Crippen LogP contribution in [0.2, 0.25) is 0 Å².